The van der Waals surface area contributed by atoms with Gasteiger partial charge in [0.25, 0.3) is 0 Å². The lowest BCUT2D eigenvalue weighted by Crippen LogP contribution is -2.27. The molecule has 0 aromatic heterocycles. The maximum absolute atomic E-state index is 12.5. The Balaban J connectivity index is 2.06. The fourth-order valence-corrected chi connectivity index (χ4v) is 2.54. The number of hydrogen-bond acceptors (Lipinski definition) is 3. The number of carboxylic acids is 1. The van der Waals surface area contributed by atoms with Gasteiger partial charge in [-0.1, -0.05) is 23.7 Å². The van der Waals surface area contributed by atoms with Crippen LogP contribution in [0.2, 0.25) is 5.02 Å². The lowest BCUT2D eigenvalue weighted by Gasteiger charge is -2.15. The number of hydrogen-bond donors (Lipinski definition) is 2. The number of amides is 1. The van der Waals surface area contributed by atoms with Crippen LogP contribution in [-0.2, 0) is 16.0 Å². The number of carbonyl (C=O) groups excluding carboxylic acids is 1. The van der Waals surface area contributed by atoms with Crippen LogP contribution in [0.4, 0.5) is 5.69 Å². The molecule has 1 amide bonds. The van der Waals surface area contributed by atoms with Crippen molar-refractivity contribution < 1.29 is 19.4 Å². The molecule has 0 aliphatic rings. The predicted molar refractivity (Wildman–Crippen MR) is 97.1 cm³/mol. The van der Waals surface area contributed by atoms with Crippen molar-refractivity contribution in [2.45, 2.75) is 19.8 Å². The molecule has 0 aliphatic heterocycles. The largest absolute Gasteiger partial charge is 0.494 e. The number of rotatable bonds is 8. The summed E-state index contributed by atoms with van der Waals surface area (Å²) in [6, 6.07) is 14.0. The Morgan fingerprint density at radius 1 is 1.12 bits per heavy atom. The molecule has 0 aliphatic carbocycles. The van der Waals surface area contributed by atoms with Gasteiger partial charge in [0.2, 0.25) is 5.91 Å². The first kappa shape index (κ1) is 18.8. The highest BCUT2D eigenvalue weighted by atomic mass is 35.5. The lowest BCUT2D eigenvalue weighted by molar-refractivity contribution is -0.140. The van der Waals surface area contributed by atoms with Gasteiger partial charge in [-0.05, 0) is 55.3 Å². The third-order valence-corrected chi connectivity index (χ3v) is 3.87. The predicted octanol–water partition coefficient (Wildman–Crippen LogP) is 4.01. The standard InChI is InChI=1S/C19H20ClNO4/c1-2-25-17-9-7-16(8-10-17)21-19(24)14(12-18(22)23)11-13-3-5-15(20)6-4-13/h3-10,14H,2,11-12H2,1H3,(H,21,24)(H,22,23). The van der Waals surface area contributed by atoms with Gasteiger partial charge >= 0.3 is 5.97 Å². The molecule has 0 saturated heterocycles. The minimum absolute atomic E-state index is 0.245. The summed E-state index contributed by atoms with van der Waals surface area (Å²) >= 11 is 5.85. The van der Waals surface area contributed by atoms with Gasteiger partial charge in [0.05, 0.1) is 18.9 Å². The number of benzene rings is 2. The smallest absolute Gasteiger partial charge is 0.304 e. The first-order valence-electron chi connectivity index (χ1n) is 7.98. The maximum atomic E-state index is 12.5. The summed E-state index contributed by atoms with van der Waals surface area (Å²) in [6.45, 7) is 2.45. The molecule has 0 spiro atoms. The van der Waals surface area contributed by atoms with E-state index >= 15 is 0 Å². The molecule has 0 bridgehead atoms. The molecule has 1 unspecified atom stereocenters. The van der Waals surface area contributed by atoms with Crippen LogP contribution < -0.4 is 10.1 Å². The zero-order valence-electron chi connectivity index (χ0n) is 13.9. The molecule has 1 atom stereocenters. The van der Waals surface area contributed by atoms with E-state index in [1.54, 1.807) is 48.5 Å². The Bertz CT molecular complexity index is 713. The van der Waals surface area contributed by atoms with Crippen molar-refractivity contribution in [3.63, 3.8) is 0 Å². The van der Waals surface area contributed by atoms with Crippen LogP contribution in [0.25, 0.3) is 0 Å². The molecule has 25 heavy (non-hydrogen) atoms. The molecule has 6 heteroatoms. The summed E-state index contributed by atoms with van der Waals surface area (Å²) in [5.74, 6) is -1.31. The number of halogens is 1. The molecule has 132 valence electrons. The normalized spacial score (nSPS) is 11.6. The molecule has 0 saturated carbocycles. The molecule has 2 rings (SSSR count). The van der Waals surface area contributed by atoms with E-state index in [4.69, 9.17) is 21.4 Å². The highest BCUT2D eigenvalue weighted by Gasteiger charge is 2.22. The Labute approximate surface area is 151 Å². The van der Waals surface area contributed by atoms with Crippen molar-refractivity contribution in [2.75, 3.05) is 11.9 Å². The fraction of sp³-hybridized carbons (Fsp3) is 0.263. The molecule has 5 nitrogen and oxygen atoms in total. The number of aliphatic carboxylic acids is 1. The summed E-state index contributed by atoms with van der Waals surface area (Å²) in [5, 5.41) is 12.5. The highest BCUT2D eigenvalue weighted by Crippen LogP contribution is 2.20. The molecule has 2 N–H and O–H groups in total. The quantitative estimate of drug-likeness (QED) is 0.744. The monoisotopic (exact) mass is 361 g/mol. The van der Waals surface area contributed by atoms with E-state index in [2.05, 4.69) is 5.32 Å². The number of ether oxygens (including phenoxy) is 1. The van der Waals surface area contributed by atoms with Crippen LogP contribution in [0.5, 0.6) is 5.75 Å². The summed E-state index contributed by atoms with van der Waals surface area (Å²) < 4.78 is 5.35. The molecule has 0 fully saturated rings. The Hall–Kier alpha value is -2.53. The number of nitrogens with one attached hydrogen (secondary N) is 1. The van der Waals surface area contributed by atoms with Crippen LogP contribution in [0, 0.1) is 5.92 Å². The van der Waals surface area contributed by atoms with Crippen molar-refractivity contribution in [1.29, 1.82) is 0 Å². The second-order valence-electron chi connectivity index (χ2n) is 5.57. The van der Waals surface area contributed by atoms with Crippen LogP contribution in [0.15, 0.2) is 48.5 Å². The zero-order valence-corrected chi connectivity index (χ0v) is 14.6. The van der Waals surface area contributed by atoms with Crippen LogP contribution >= 0.6 is 11.6 Å². The van der Waals surface area contributed by atoms with Gasteiger partial charge in [-0.2, -0.15) is 0 Å². The van der Waals surface area contributed by atoms with Crippen molar-refractivity contribution in [2.24, 2.45) is 5.92 Å². The molecular formula is C19H20ClNO4. The zero-order chi connectivity index (χ0) is 18.2. The molecule has 0 radical (unpaired) electrons. The van der Waals surface area contributed by atoms with Gasteiger partial charge in [0.1, 0.15) is 5.75 Å². The van der Waals surface area contributed by atoms with Crippen LogP contribution in [0.1, 0.15) is 18.9 Å². The van der Waals surface area contributed by atoms with Crippen molar-refractivity contribution in [3.05, 3.63) is 59.1 Å². The fourth-order valence-electron chi connectivity index (χ4n) is 2.42. The Morgan fingerprint density at radius 3 is 2.32 bits per heavy atom. The number of carboxylic acid groups (broad SMARTS) is 1. The molecule has 2 aromatic carbocycles. The first-order chi connectivity index (χ1) is 12.0. The highest BCUT2D eigenvalue weighted by molar-refractivity contribution is 6.30. The molecule has 0 heterocycles. The summed E-state index contributed by atoms with van der Waals surface area (Å²) in [4.78, 5) is 23.6. The summed E-state index contributed by atoms with van der Waals surface area (Å²) in [6.07, 6.45) is 0.0812. The minimum Gasteiger partial charge on any atom is -0.494 e. The van der Waals surface area contributed by atoms with E-state index in [9.17, 15) is 9.59 Å². The van der Waals surface area contributed by atoms with Crippen molar-refractivity contribution in [1.82, 2.24) is 0 Å². The van der Waals surface area contributed by atoms with Crippen molar-refractivity contribution >= 4 is 29.2 Å². The van der Waals surface area contributed by atoms with Crippen LogP contribution in [-0.4, -0.2) is 23.6 Å². The van der Waals surface area contributed by atoms with Crippen LogP contribution in [0.3, 0.4) is 0 Å². The minimum atomic E-state index is -1.01. The van der Waals surface area contributed by atoms with Gasteiger partial charge in [-0.3, -0.25) is 9.59 Å². The number of anilines is 1. The van der Waals surface area contributed by atoms with E-state index in [1.807, 2.05) is 6.92 Å². The third kappa shape index (κ3) is 6.12. The van der Waals surface area contributed by atoms with E-state index in [-0.39, 0.29) is 12.3 Å². The number of carbonyl (C=O) groups is 2. The average molecular weight is 362 g/mol. The Kier molecular flexibility index (Phi) is 6.83. The van der Waals surface area contributed by atoms with Gasteiger partial charge in [-0.25, -0.2) is 0 Å². The molecule has 2 aromatic rings. The van der Waals surface area contributed by atoms with Gasteiger partial charge < -0.3 is 15.2 Å². The third-order valence-electron chi connectivity index (χ3n) is 3.62. The SMILES string of the molecule is CCOc1ccc(NC(=O)C(CC(=O)O)Cc2ccc(Cl)cc2)cc1. The first-order valence-corrected chi connectivity index (χ1v) is 8.35. The Morgan fingerprint density at radius 2 is 1.76 bits per heavy atom. The summed E-state index contributed by atoms with van der Waals surface area (Å²) in [7, 11) is 0. The van der Waals surface area contributed by atoms with Crippen molar-refractivity contribution in [3.8, 4) is 5.75 Å². The van der Waals surface area contributed by atoms with Gasteiger partial charge in [0.15, 0.2) is 0 Å². The lowest BCUT2D eigenvalue weighted by atomic mass is 9.95. The molecular weight excluding hydrogens is 342 g/mol. The second kappa shape index (κ2) is 9.08. The van der Waals surface area contributed by atoms with E-state index in [1.165, 1.54) is 0 Å². The average Bonchev–Trinajstić information content (AvgIpc) is 2.58. The van der Waals surface area contributed by atoms with Gasteiger partial charge in [0, 0.05) is 10.7 Å². The maximum Gasteiger partial charge on any atom is 0.304 e. The second-order valence-corrected chi connectivity index (χ2v) is 6.01. The van der Waals surface area contributed by atoms with E-state index in [0.717, 1.165) is 5.56 Å². The summed E-state index contributed by atoms with van der Waals surface area (Å²) in [5.41, 5.74) is 1.46. The van der Waals surface area contributed by atoms with E-state index in [0.29, 0.717) is 29.5 Å². The van der Waals surface area contributed by atoms with Gasteiger partial charge in [-0.15, -0.1) is 0 Å². The topological polar surface area (TPSA) is 75.6 Å². The van der Waals surface area contributed by atoms with E-state index < -0.39 is 11.9 Å².